The Morgan fingerprint density at radius 2 is 1.87 bits per heavy atom. The molecular weight excluding hydrogens is 306 g/mol. The van der Waals surface area contributed by atoms with Gasteiger partial charge in [0, 0.05) is 17.0 Å². The van der Waals surface area contributed by atoms with Gasteiger partial charge in [0.1, 0.15) is 0 Å². The largest absolute Gasteiger partial charge is 0.330 e. The van der Waals surface area contributed by atoms with Gasteiger partial charge in [0.15, 0.2) is 0 Å². The summed E-state index contributed by atoms with van der Waals surface area (Å²) in [5.41, 5.74) is 12.2. The lowest BCUT2D eigenvalue weighted by Gasteiger charge is -2.13. The third-order valence-electron chi connectivity index (χ3n) is 4.11. The molecule has 0 saturated carbocycles. The summed E-state index contributed by atoms with van der Waals surface area (Å²) >= 11 is 6.41. The second-order valence-electron chi connectivity index (χ2n) is 5.67. The highest BCUT2D eigenvalue weighted by molar-refractivity contribution is 6.33. The Kier molecular flexibility index (Phi) is 4.51. The molecule has 0 aliphatic rings. The summed E-state index contributed by atoms with van der Waals surface area (Å²) in [7, 11) is 0. The van der Waals surface area contributed by atoms with E-state index in [-0.39, 0.29) is 0 Å². The third kappa shape index (κ3) is 3.03. The Labute approximate surface area is 141 Å². The molecule has 0 unspecified atom stereocenters. The first kappa shape index (κ1) is 15.8. The molecule has 0 radical (unpaired) electrons. The van der Waals surface area contributed by atoms with Gasteiger partial charge in [0.05, 0.1) is 17.1 Å². The third-order valence-corrected chi connectivity index (χ3v) is 4.44. The summed E-state index contributed by atoms with van der Waals surface area (Å²) in [6.45, 7) is 4.80. The van der Waals surface area contributed by atoms with Crippen LogP contribution in [0.3, 0.4) is 0 Å². The smallest absolute Gasteiger partial charge is 0.0758 e. The number of nitrogens with zero attached hydrogens (tertiary/aromatic N) is 2. The fourth-order valence-corrected chi connectivity index (χ4v) is 2.94. The van der Waals surface area contributed by atoms with Crippen LogP contribution in [0.4, 0.5) is 0 Å². The minimum absolute atomic E-state index is 0.575. The number of aromatic nitrogens is 2. The Bertz CT molecular complexity index is 836. The lowest BCUT2D eigenvalue weighted by molar-refractivity contribution is 0.820. The standard InChI is InChI=1S/C19H20ClN3/c1-13-6-5-9-18(14(13)2)23-19(12-15(22-23)10-11-21)16-7-3-4-8-17(16)20/h3-9,12H,10-11,21H2,1-2H3. The highest BCUT2D eigenvalue weighted by atomic mass is 35.5. The Morgan fingerprint density at radius 1 is 1.09 bits per heavy atom. The normalized spacial score (nSPS) is 11.0. The van der Waals surface area contributed by atoms with E-state index in [1.54, 1.807) is 0 Å². The molecular formula is C19H20ClN3. The second kappa shape index (κ2) is 6.57. The molecule has 1 heterocycles. The Hall–Kier alpha value is -2.10. The van der Waals surface area contributed by atoms with E-state index in [1.165, 1.54) is 11.1 Å². The maximum absolute atomic E-state index is 6.41. The van der Waals surface area contributed by atoms with Crippen molar-refractivity contribution in [1.29, 1.82) is 0 Å². The van der Waals surface area contributed by atoms with Gasteiger partial charge in [-0.25, -0.2) is 4.68 Å². The molecule has 0 aliphatic heterocycles. The summed E-state index contributed by atoms with van der Waals surface area (Å²) in [5, 5.41) is 5.49. The molecule has 2 aromatic carbocycles. The van der Waals surface area contributed by atoms with Crippen LogP contribution in [0.2, 0.25) is 5.02 Å². The monoisotopic (exact) mass is 325 g/mol. The average molecular weight is 326 g/mol. The summed E-state index contributed by atoms with van der Waals surface area (Å²) < 4.78 is 1.98. The highest BCUT2D eigenvalue weighted by Crippen LogP contribution is 2.31. The fourth-order valence-electron chi connectivity index (χ4n) is 2.71. The van der Waals surface area contributed by atoms with E-state index in [9.17, 15) is 0 Å². The highest BCUT2D eigenvalue weighted by Gasteiger charge is 2.15. The molecule has 23 heavy (non-hydrogen) atoms. The summed E-state index contributed by atoms with van der Waals surface area (Å²) in [6.07, 6.45) is 0.745. The molecule has 0 amide bonds. The van der Waals surface area contributed by atoms with E-state index in [1.807, 2.05) is 28.9 Å². The molecule has 0 fully saturated rings. The summed E-state index contributed by atoms with van der Waals surface area (Å²) in [5.74, 6) is 0. The minimum atomic E-state index is 0.575. The van der Waals surface area contributed by atoms with Crippen LogP contribution >= 0.6 is 11.6 Å². The van der Waals surface area contributed by atoms with Gasteiger partial charge in [-0.2, -0.15) is 5.10 Å². The van der Waals surface area contributed by atoms with Crippen LogP contribution in [0, 0.1) is 13.8 Å². The van der Waals surface area contributed by atoms with Gasteiger partial charge in [-0.15, -0.1) is 0 Å². The quantitative estimate of drug-likeness (QED) is 0.776. The number of halogens is 1. The van der Waals surface area contributed by atoms with Crippen molar-refractivity contribution in [1.82, 2.24) is 9.78 Å². The zero-order valence-corrected chi connectivity index (χ0v) is 14.1. The molecule has 0 spiro atoms. The molecule has 3 nitrogen and oxygen atoms in total. The fraction of sp³-hybridized carbons (Fsp3) is 0.211. The molecule has 2 N–H and O–H groups in total. The Morgan fingerprint density at radius 3 is 2.61 bits per heavy atom. The van der Waals surface area contributed by atoms with E-state index in [4.69, 9.17) is 22.4 Å². The van der Waals surface area contributed by atoms with Crippen molar-refractivity contribution in [2.45, 2.75) is 20.3 Å². The van der Waals surface area contributed by atoms with Crippen LogP contribution in [0.5, 0.6) is 0 Å². The van der Waals surface area contributed by atoms with Crippen LogP contribution in [0.1, 0.15) is 16.8 Å². The topological polar surface area (TPSA) is 43.8 Å². The van der Waals surface area contributed by atoms with Gasteiger partial charge >= 0.3 is 0 Å². The zero-order chi connectivity index (χ0) is 16.4. The van der Waals surface area contributed by atoms with Gasteiger partial charge < -0.3 is 5.73 Å². The molecule has 0 bridgehead atoms. The molecule has 0 aliphatic carbocycles. The minimum Gasteiger partial charge on any atom is -0.330 e. The van der Waals surface area contributed by atoms with Crippen molar-refractivity contribution in [2.24, 2.45) is 5.73 Å². The molecule has 118 valence electrons. The van der Waals surface area contributed by atoms with Gasteiger partial charge in [-0.05, 0) is 49.7 Å². The van der Waals surface area contributed by atoms with E-state index < -0.39 is 0 Å². The lowest BCUT2D eigenvalue weighted by atomic mass is 10.1. The maximum atomic E-state index is 6.41. The maximum Gasteiger partial charge on any atom is 0.0758 e. The van der Waals surface area contributed by atoms with Crippen LogP contribution in [0.15, 0.2) is 48.5 Å². The summed E-state index contributed by atoms with van der Waals surface area (Å²) in [6, 6.07) is 16.2. The van der Waals surface area contributed by atoms with Crippen molar-refractivity contribution in [3.05, 3.63) is 70.4 Å². The number of aryl methyl sites for hydroxylation is 1. The van der Waals surface area contributed by atoms with Crippen LogP contribution in [-0.4, -0.2) is 16.3 Å². The van der Waals surface area contributed by atoms with E-state index >= 15 is 0 Å². The van der Waals surface area contributed by atoms with Gasteiger partial charge in [0.2, 0.25) is 0 Å². The van der Waals surface area contributed by atoms with Crippen molar-refractivity contribution >= 4 is 11.6 Å². The van der Waals surface area contributed by atoms with Crippen molar-refractivity contribution in [3.8, 4) is 16.9 Å². The molecule has 0 atom stereocenters. The van der Waals surface area contributed by atoms with E-state index in [0.29, 0.717) is 6.54 Å². The predicted octanol–water partition coefficient (Wildman–Crippen LogP) is 4.31. The van der Waals surface area contributed by atoms with Gasteiger partial charge in [-0.3, -0.25) is 0 Å². The average Bonchev–Trinajstić information content (AvgIpc) is 2.94. The SMILES string of the molecule is Cc1cccc(-n2nc(CCN)cc2-c2ccccc2Cl)c1C. The van der Waals surface area contributed by atoms with Crippen LogP contribution in [-0.2, 0) is 6.42 Å². The number of nitrogens with two attached hydrogens (primary N) is 1. The second-order valence-corrected chi connectivity index (χ2v) is 6.08. The molecule has 3 aromatic rings. The lowest BCUT2D eigenvalue weighted by Crippen LogP contribution is -2.06. The number of hydrogen-bond donors (Lipinski definition) is 1. The van der Waals surface area contributed by atoms with Gasteiger partial charge in [0.25, 0.3) is 0 Å². The molecule has 3 rings (SSSR count). The zero-order valence-electron chi connectivity index (χ0n) is 13.4. The molecule has 1 aromatic heterocycles. The van der Waals surface area contributed by atoms with Crippen molar-refractivity contribution in [3.63, 3.8) is 0 Å². The number of hydrogen-bond acceptors (Lipinski definition) is 2. The predicted molar refractivity (Wildman–Crippen MR) is 96.2 cm³/mol. The summed E-state index contributed by atoms with van der Waals surface area (Å²) in [4.78, 5) is 0. The van der Waals surface area contributed by atoms with Crippen molar-refractivity contribution < 1.29 is 0 Å². The first-order valence-corrected chi connectivity index (χ1v) is 8.10. The molecule has 0 saturated heterocycles. The van der Waals surface area contributed by atoms with E-state index in [0.717, 1.165) is 34.1 Å². The van der Waals surface area contributed by atoms with Gasteiger partial charge in [-0.1, -0.05) is 41.9 Å². The van der Waals surface area contributed by atoms with Crippen LogP contribution < -0.4 is 5.73 Å². The van der Waals surface area contributed by atoms with Crippen LogP contribution in [0.25, 0.3) is 16.9 Å². The first-order valence-electron chi connectivity index (χ1n) is 7.72. The molecule has 4 heteroatoms. The van der Waals surface area contributed by atoms with Crippen molar-refractivity contribution in [2.75, 3.05) is 6.54 Å². The first-order chi connectivity index (χ1) is 11.1. The number of benzene rings is 2. The Balaban J connectivity index is 2.23. The van der Waals surface area contributed by atoms with E-state index in [2.05, 4.69) is 38.1 Å². The number of rotatable bonds is 4.